The highest BCUT2D eigenvalue weighted by atomic mass is 16.6. The van der Waals surface area contributed by atoms with E-state index in [1.54, 1.807) is 54.6 Å². The Bertz CT molecular complexity index is 1500. The molecule has 0 radical (unpaired) electrons. The third-order valence-electron chi connectivity index (χ3n) is 6.76. The van der Waals surface area contributed by atoms with Crippen LogP contribution in [-0.2, 0) is 27.3 Å². The predicted molar refractivity (Wildman–Crippen MR) is 141 cm³/mol. The normalized spacial score (nSPS) is 22.2. The van der Waals surface area contributed by atoms with Crippen LogP contribution in [0.5, 0.6) is 5.75 Å². The van der Waals surface area contributed by atoms with E-state index in [1.165, 1.54) is 17.2 Å². The molecule has 0 saturated carbocycles. The molecule has 3 heterocycles. The molecule has 1 aliphatic heterocycles. The highest BCUT2D eigenvalue weighted by Gasteiger charge is 2.50. The molecule has 1 aliphatic rings. The van der Waals surface area contributed by atoms with Crippen molar-refractivity contribution in [3.05, 3.63) is 78.4 Å². The molecule has 7 N–H and O–H groups in total. The van der Waals surface area contributed by atoms with Gasteiger partial charge in [-0.25, -0.2) is 15.0 Å². The fourth-order valence-electron chi connectivity index (χ4n) is 4.58. The molecule has 2 aromatic heterocycles. The van der Waals surface area contributed by atoms with Gasteiger partial charge in [0.05, 0.1) is 12.4 Å². The third-order valence-corrected chi connectivity index (χ3v) is 6.76. The number of ketones is 2. The summed E-state index contributed by atoms with van der Waals surface area (Å²) in [7, 11) is 0. The predicted octanol–water partition coefficient (Wildman–Crippen LogP) is -0.168. The van der Waals surface area contributed by atoms with Gasteiger partial charge >= 0.3 is 0 Å². The minimum atomic E-state index is -2.06. The van der Waals surface area contributed by atoms with E-state index < -0.39 is 48.3 Å². The number of nitrogens with zero attached hydrogens (tertiary/aromatic N) is 4. The molecule has 2 aromatic carbocycles. The van der Waals surface area contributed by atoms with Crippen LogP contribution in [0, 0.1) is 0 Å². The number of hydrogen-bond donors (Lipinski definition) is 6. The van der Waals surface area contributed by atoms with Gasteiger partial charge < -0.3 is 36.2 Å². The van der Waals surface area contributed by atoms with Gasteiger partial charge in [0.25, 0.3) is 0 Å². The van der Waals surface area contributed by atoms with Crippen LogP contribution in [0.25, 0.3) is 11.2 Å². The Morgan fingerprint density at radius 1 is 0.975 bits per heavy atom. The summed E-state index contributed by atoms with van der Waals surface area (Å²) in [5.41, 5.74) is 8.13. The zero-order valence-corrected chi connectivity index (χ0v) is 21.1. The molecule has 0 spiro atoms. The Labute approximate surface area is 227 Å². The number of nitrogens with two attached hydrogens (primary N) is 1. The third kappa shape index (κ3) is 5.41. The highest BCUT2D eigenvalue weighted by molar-refractivity contribution is 6.40. The van der Waals surface area contributed by atoms with Gasteiger partial charge in [0, 0.05) is 6.54 Å². The topological polar surface area (TPSA) is 206 Å². The largest absolute Gasteiger partial charge is 0.508 e. The van der Waals surface area contributed by atoms with Crippen molar-refractivity contribution in [3.8, 4) is 5.75 Å². The molecule has 0 amide bonds. The summed E-state index contributed by atoms with van der Waals surface area (Å²) < 4.78 is 7.05. The van der Waals surface area contributed by atoms with Gasteiger partial charge in [0.2, 0.25) is 11.6 Å². The minimum Gasteiger partial charge on any atom is -0.508 e. The number of phenols is 1. The summed E-state index contributed by atoms with van der Waals surface area (Å²) in [5.74, 6) is -1.71. The average Bonchev–Trinajstić information content (AvgIpc) is 3.52. The van der Waals surface area contributed by atoms with E-state index in [2.05, 4.69) is 20.3 Å². The van der Waals surface area contributed by atoms with Crippen LogP contribution in [0.15, 0.2) is 67.3 Å². The molecule has 4 aromatic rings. The number of aromatic nitrogens is 4. The zero-order chi connectivity index (χ0) is 28.4. The van der Waals surface area contributed by atoms with Gasteiger partial charge in [0.15, 0.2) is 23.2 Å². The van der Waals surface area contributed by atoms with Crippen molar-refractivity contribution in [1.29, 1.82) is 0 Å². The summed E-state index contributed by atoms with van der Waals surface area (Å²) in [6.07, 6.45) is -5.54. The smallest absolute Gasteiger partial charge is 0.231 e. The van der Waals surface area contributed by atoms with Crippen molar-refractivity contribution in [2.75, 3.05) is 5.32 Å². The molecular weight excluding hydrogens is 520 g/mol. The maximum atomic E-state index is 12.8. The van der Waals surface area contributed by atoms with Crippen molar-refractivity contribution in [2.24, 2.45) is 5.73 Å². The maximum absolute atomic E-state index is 12.8. The van der Waals surface area contributed by atoms with Gasteiger partial charge in [-0.2, -0.15) is 0 Å². The molecule has 13 heteroatoms. The molecule has 0 aliphatic carbocycles. The lowest BCUT2D eigenvalue weighted by atomic mass is 9.95. The van der Waals surface area contributed by atoms with E-state index in [0.717, 1.165) is 11.1 Å². The van der Waals surface area contributed by atoms with Gasteiger partial charge in [-0.05, 0) is 29.7 Å². The monoisotopic (exact) mass is 548 g/mol. The fourth-order valence-corrected chi connectivity index (χ4v) is 4.58. The summed E-state index contributed by atoms with van der Waals surface area (Å²) in [5, 5.41) is 44.6. The number of benzene rings is 2. The van der Waals surface area contributed by atoms with Crippen LogP contribution in [0.4, 0.5) is 5.82 Å². The second-order valence-electron chi connectivity index (χ2n) is 9.51. The number of aliphatic hydroxyl groups excluding tert-OH is 3. The summed E-state index contributed by atoms with van der Waals surface area (Å²) in [6, 6.07) is 14.3. The quantitative estimate of drug-likeness (QED) is 0.143. The van der Waals surface area contributed by atoms with Crippen LogP contribution in [0.3, 0.4) is 0 Å². The van der Waals surface area contributed by atoms with Gasteiger partial charge in [0.1, 0.15) is 36.5 Å². The number of carbonyl (C=O) groups is 2. The number of ether oxygens (including phenoxy) is 1. The van der Waals surface area contributed by atoms with E-state index in [-0.39, 0.29) is 17.8 Å². The van der Waals surface area contributed by atoms with Crippen molar-refractivity contribution in [2.45, 2.75) is 49.7 Å². The van der Waals surface area contributed by atoms with E-state index >= 15 is 0 Å². The van der Waals surface area contributed by atoms with Crippen LogP contribution in [0.2, 0.25) is 0 Å². The lowest BCUT2D eigenvalue weighted by Crippen LogP contribution is -2.49. The molecular formula is C27H28N6O7. The van der Waals surface area contributed by atoms with Crippen LogP contribution < -0.4 is 11.1 Å². The first kappa shape index (κ1) is 27.3. The maximum Gasteiger partial charge on any atom is 0.231 e. The Kier molecular flexibility index (Phi) is 7.82. The van der Waals surface area contributed by atoms with Gasteiger partial charge in [-0.3, -0.25) is 14.2 Å². The SMILES string of the molecule is N[C@@H](Cc1ccccc1)C(=O)C(=O)C(O)[C@H]1O[C@@H](n2cnc3c(NCc4ccc(O)cc4)ncnc32)[C@H](O)[C@@H]1O. The van der Waals surface area contributed by atoms with E-state index in [4.69, 9.17) is 10.5 Å². The summed E-state index contributed by atoms with van der Waals surface area (Å²) in [6.45, 7) is 0.372. The number of carbonyl (C=O) groups excluding carboxylic acids is 2. The first-order valence-corrected chi connectivity index (χ1v) is 12.5. The Hall–Kier alpha value is -4.27. The molecule has 5 rings (SSSR count). The number of anilines is 1. The molecule has 13 nitrogen and oxygen atoms in total. The van der Waals surface area contributed by atoms with Crippen LogP contribution >= 0.6 is 0 Å². The standard InChI is InChI=1S/C27H28N6O7/c28-17(10-14-4-2-1-3-5-14)19(35)20(36)21(37)24-22(38)23(39)27(40-24)33-13-32-18-25(30-12-31-26(18)33)29-11-15-6-8-16(34)9-7-15/h1-9,12-13,17,21-24,27,34,37-39H,10-11,28H2,(H,29,30,31)/t17-,21?,22-,23+,24+,27+/m0/s1. The number of nitrogens with one attached hydrogen (secondary N) is 1. The van der Waals surface area contributed by atoms with E-state index in [1.807, 2.05) is 0 Å². The van der Waals surface area contributed by atoms with E-state index in [0.29, 0.717) is 17.9 Å². The Morgan fingerprint density at radius 2 is 1.70 bits per heavy atom. The Balaban J connectivity index is 1.29. The Morgan fingerprint density at radius 3 is 2.42 bits per heavy atom. The zero-order valence-electron chi connectivity index (χ0n) is 21.1. The second kappa shape index (κ2) is 11.5. The molecule has 6 atom stereocenters. The van der Waals surface area contributed by atoms with Crippen molar-refractivity contribution >= 4 is 28.5 Å². The molecule has 40 heavy (non-hydrogen) atoms. The van der Waals surface area contributed by atoms with Crippen molar-refractivity contribution in [3.63, 3.8) is 0 Å². The number of phenolic OH excluding ortho intramolecular Hbond substituents is 1. The molecule has 0 bridgehead atoms. The lowest BCUT2D eigenvalue weighted by molar-refractivity contribution is -0.151. The molecule has 1 saturated heterocycles. The average molecular weight is 549 g/mol. The number of fused-ring (bicyclic) bond motifs is 1. The first-order valence-electron chi connectivity index (χ1n) is 12.5. The van der Waals surface area contributed by atoms with Crippen molar-refractivity contribution < 1.29 is 34.8 Å². The summed E-state index contributed by atoms with van der Waals surface area (Å²) in [4.78, 5) is 38.1. The summed E-state index contributed by atoms with van der Waals surface area (Å²) >= 11 is 0. The lowest BCUT2D eigenvalue weighted by Gasteiger charge is -2.20. The molecule has 1 fully saturated rings. The van der Waals surface area contributed by atoms with Crippen LogP contribution in [-0.4, -0.2) is 82.0 Å². The van der Waals surface area contributed by atoms with Gasteiger partial charge in [-0.1, -0.05) is 42.5 Å². The fraction of sp³-hybridized carbons (Fsp3) is 0.296. The molecule has 1 unspecified atom stereocenters. The number of imidazole rings is 1. The number of rotatable bonds is 10. The number of aromatic hydroxyl groups is 1. The number of hydrogen-bond acceptors (Lipinski definition) is 12. The minimum absolute atomic E-state index is 0.0846. The van der Waals surface area contributed by atoms with E-state index in [9.17, 15) is 30.0 Å². The van der Waals surface area contributed by atoms with Crippen molar-refractivity contribution in [1.82, 2.24) is 19.5 Å². The molecule has 208 valence electrons. The van der Waals surface area contributed by atoms with Gasteiger partial charge in [-0.15, -0.1) is 0 Å². The number of aliphatic hydroxyl groups is 3. The first-order chi connectivity index (χ1) is 19.2. The second-order valence-corrected chi connectivity index (χ2v) is 9.51. The van der Waals surface area contributed by atoms with Crippen LogP contribution in [0.1, 0.15) is 17.4 Å². The highest BCUT2D eigenvalue weighted by Crippen LogP contribution is 2.34. The number of Topliss-reactive ketones (excluding diaryl/α,β-unsaturated/α-hetero) is 2.